The fourth-order valence-corrected chi connectivity index (χ4v) is 2.83. The van der Waals surface area contributed by atoms with E-state index in [1.54, 1.807) is 8.93 Å². The van der Waals surface area contributed by atoms with Gasteiger partial charge < -0.3 is 4.74 Å². The largest absolute Gasteiger partial charge is 0.494 e. The third kappa shape index (κ3) is 9.60. The molecular formula is C20H29IN2O3S. The molecule has 150 valence electrons. The van der Waals surface area contributed by atoms with Gasteiger partial charge in [0.2, 0.25) is 5.91 Å². The highest BCUT2D eigenvalue weighted by Crippen LogP contribution is 2.33. The zero-order valence-electron chi connectivity index (χ0n) is 16.7. The Kier molecular flexibility index (Phi) is 10.4. The van der Waals surface area contributed by atoms with E-state index in [1.807, 2.05) is 58.9 Å². The molecule has 0 spiro atoms. The lowest BCUT2D eigenvalue weighted by Gasteiger charge is -2.18. The molecule has 0 aliphatic heterocycles. The Bertz CT molecular complexity index is 658. The second-order valence-electron chi connectivity index (χ2n) is 7.34. The van der Waals surface area contributed by atoms with Gasteiger partial charge in [-0.15, -0.1) is 0 Å². The van der Waals surface area contributed by atoms with E-state index in [4.69, 9.17) is 4.74 Å². The minimum Gasteiger partial charge on any atom is -0.494 e. The molecule has 0 bridgehead atoms. The first kappa shape index (κ1) is 23.9. The van der Waals surface area contributed by atoms with Crippen LogP contribution in [0.4, 0.5) is 0 Å². The van der Waals surface area contributed by atoms with Crippen LogP contribution >= 0.6 is 30.1 Å². The van der Waals surface area contributed by atoms with Gasteiger partial charge in [-0.3, -0.25) is 9.59 Å². The van der Waals surface area contributed by atoms with E-state index in [9.17, 15) is 9.59 Å². The highest BCUT2D eigenvalue weighted by atomic mass is 127. The average molecular weight is 504 g/mol. The molecule has 0 aromatic heterocycles. The van der Waals surface area contributed by atoms with Crippen molar-refractivity contribution in [3.8, 4) is 5.75 Å². The van der Waals surface area contributed by atoms with Gasteiger partial charge in [0.05, 0.1) is 12.3 Å². The van der Waals surface area contributed by atoms with Crippen LogP contribution < -0.4 is 10.2 Å². The number of benzene rings is 1. The van der Waals surface area contributed by atoms with Crippen molar-refractivity contribution < 1.29 is 14.3 Å². The predicted molar refractivity (Wildman–Crippen MR) is 122 cm³/mol. The lowest BCUT2D eigenvalue weighted by Crippen LogP contribution is -2.27. The average Bonchev–Trinajstić information content (AvgIpc) is 2.63. The Morgan fingerprint density at radius 2 is 1.89 bits per heavy atom. The minimum atomic E-state index is -0.118. The number of hydrogen-bond donors (Lipinski definition) is 1. The van der Waals surface area contributed by atoms with Crippen LogP contribution in [0.5, 0.6) is 5.75 Å². The van der Waals surface area contributed by atoms with Crippen molar-refractivity contribution in [2.75, 3.05) is 6.61 Å². The topological polar surface area (TPSA) is 67.8 Å². The number of halogens is 1. The molecule has 7 heteroatoms. The van der Waals surface area contributed by atoms with Crippen LogP contribution in [0.2, 0.25) is 0 Å². The number of hydrogen-bond acceptors (Lipinski definition) is 5. The first-order valence-corrected chi connectivity index (χ1v) is 12.4. The van der Waals surface area contributed by atoms with E-state index in [0.717, 1.165) is 23.4 Å². The molecule has 0 unspecified atom stereocenters. The van der Waals surface area contributed by atoms with Gasteiger partial charge >= 0.3 is 0 Å². The number of Topliss-reactive ketones (excluding diaryl/α,β-unsaturated/α-hetero) is 1. The fourth-order valence-electron chi connectivity index (χ4n) is 2.18. The number of carbonyl (C=O) groups is 2. The number of rotatable bonds is 11. The quantitative estimate of drug-likeness (QED) is 0.196. The fraction of sp³-hybridized carbons (Fsp3) is 0.550. The number of amides is 1. The number of hydrazone groups is 1. The Labute approximate surface area is 178 Å². The van der Waals surface area contributed by atoms with Gasteiger partial charge in [0.1, 0.15) is 11.5 Å². The van der Waals surface area contributed by atoms with Crippen LogP contribution in [-0.2, 0) is 9.59 Å². The van der Waals surface area contributed by atoms with Crippen molar-refractivity contribution in [3.05, 3.63) is 29.8 Å². The van der Waals surface area contributed by atoms with E-state index in [1.165, 1.54) is 0 Å². The summed E-state index contributed by atoms with van der Waals surface area (Å²) in [6.45, 7) is 10.3. The van der Waals surface area contributed by atoms with E-state index in [0.29, 0.717) is 19.4 Å². The minimum absolute atomic E-state index is 0.0819. The Balaban J connectivity index is 2.48. The molecule has 1 N–H and O–H groups in total. The second kappa shape index (κ2) is 11.7. The highest BCUT2D eigenvalue weighted by Gasteiger charge is 2.21. The lowest BCUT2D eigenvalue weighted by molar-refractivity contribution is -0.122. The van der Waals surface area contributed by atoms with Gasteiger partial charge in [0, 0.05) is 23.5 Å². The normalized spacial score (nSPS) is 12.2. The van der Waals surface area contributed by atoms with Crippen LogP contribution in [0.3, 0.4) is 0 Å². The summed E-state index contributed by atoms with van der Waals surface area (Å²) >= 11 is 2.21. The summed E-state index contributed by atoms with van der Waals surface area (Å²) in [4.78, 5) is 23.5. The van der Waals surface area contributed by atoms with Crippen LogP contribution in [0.15, 0.2) is 29.4 Å². The van der Waals surface area contributed by atoms with Crippen molar-refractivity contribution in [3.63, 3.8) is 0 Å². The Morgan fingerprint density at radius 3 is 2.44 bits per heavy atom. The van der Waals surface area contributed by atoms with Crippen molar-refractivity contribution in [1.29, 1.82) is 0 Å². The van der Waals surface area contributed by atoms with Crippen molar-refractivity contribution in [2.24, 2.45) is 11.0 Å². The molecule has 1 aromatic carbocycles. The van der Waals surface area contributed by atoms with Gasteiger partial charge in [-0.1, -0.05) is 22.8 Å². The molecule has 1 aromatic rings. The van der Waals surface area contributed by atoms with Crippen molar-refractivity contribution in [2.45, 2.75) is 58.6 Å². The lowest BCUT2D eigenvalue weighted by atomic mass is 10.1. The summed E-state index contributed by atoms with van der Waals surface area (Å²) in [6.07, 6.45) is 1.68. The van der Waals surface area contributed by atoms with Crippen LogP contribution in [-0.4, -0.2) is 28.8 Å². The van der Waals surface area contributed by atoms with Gasteiger partial charge in [-0.2, -0.15) is 5.10 Å². The van der Waals surface area contributed by atoms with E-state index >= 15 is 0 Å². The number of ether oxygens (including phenoxy) is 1. The molecule has 0 radical (unpaired) electrons. The summed E-state index contributed by atoms with van der Waals surface area (Å²) in [5.74, 6) is 1.01. The molecule has 0 saturated heterocycles. The van der Waals surface area contributed by atoms with Crippen molar-refractivity contribution >= 4 is 47.5 Å². The summed E-state index contributed by atoms with van der Waals surface area (Å²) in [6, 6.07) is 7.56. The summed E-state index contributed by atoms with van der Waals surface area (Å²) in [5, 5.41) is 4.18. The van der Waals surface area contributed by atoms with E-state index in [2.05, 4.69) is 31.7 Å². The third-order valence-corrected chi connectivity index (χ3v) is 8.03. The standard InChI is InChI=1S/C20H29IN2O3S/c1-14(2)18(24)7-6-12-26-17-10-8-16(9-11-17)15(3)22-23-19(25)13-20(4,5)27-21/h8-11,14H,6-7,12-13H2,1-5H3,(H,23,25)/b22-15-. The van der Waals surface area contributed by atoms with Gasteiger partial charge in [-0.05, 0) is 78.2 Å². The maximum absolute atomic E-state index is 12.0. The monoisotopic (exact) mass is 504 g/mol. The predicted octanol–water partition coefficient (Wildman–Crippen LogP) is 5.16. The van der Waals surface area contributed by atoms with Crippen LogP contribution in [0.1, 0.15) is 59.4 Å². The molecule has 0 aliphatic rings. The first-order chi connectivity index (χ1) is 12.6. The molecule has 0 atom stereocenters. The van der Waals surface area contributed by atoms with Gasteiger partial charge in [-0.25, -0.2) is 5.43 Å². The summed E-state index contributed by atoms with van der Waals surface area (Å²) in [5.41, 5.74) is 4.27. The third-order valence-electron chi connectivity index (χ3n) is 3.90. The molecule has 0 aliphatic carbocycles. The maximum atomic E-state index is 12.0. The summed E-state index contributed by atoms with van der Waals surface area (Å²) < 4.78 is 5.55. The van der Waals surface area contributed by atoms with Crippen molar-refractivity contribution in [1.82, 2.24) is 5.43 Å². The number of ketones is 1. The summed E-state index contributed by atoms with van der Waals surface area (Å²) in [7, 11) is 1.63. The molecule has 0 saturated carbocycles. The molecule has 1 amide bonds. The molecule has 1 rings (SSSR count). The van der Waals surface area contributed by atoms with Gasteiger partial charge in [0.25, 0.3) is 0 Å². The Morgan fingerprint density at radius 1 is 1.26 bits per heavy atom. The molecule has 0 fully saturated rings. The molecular weight excluding hydrogens is 475 g/mol. The highest BCUT2D eigenvalue weighted by molar-refractivity contribution is 14.2. The van der Waals surface area contributed by atoms with E-state index < -0.39 is 0 Å². The second-order valence-corrected chi connectivity index (χ2v) is 9.92. The zero-order chi connectivity index (χ0) is 20.4. The Hall–Kier alpha value is -1.09. The first-order valence-electron chi connectivity index (χ1n) is 9.03. The number of nitrogens with zero attached hydrogens (tertiary/aromatic N) is 1. The number of nitrogens with one attached hydrogen (secondary N) is 1. The van der Waals surface area contributed by atoms with Crippen LogP contribution in [0, 0.1) is 5.92 Å². The molecule has 5 nitrogen and oxygen atoms in total. The zero-order valence-corrected chi connectivity index (χ0v) is 19.6. The van der Waals surface area contributed by atoms with Gasteiger partial charge in [0.15, 0.2) is 0 Å². The molecule has 27 heavy (non-hydrogen) atoms. The maximum Gasteiger partial charge on any atom is 0.241 e. The van der Waals surface area contributed by atoms with E-state index in [-0.39, 0.29) is 22.4 Å². The number of carbonyl (C=O) groups excluding carboxylic acids is 2. The smallest absolute Gasteiger partial charge is 0.241 e. The molecule has 0 heterocycles. The van der Waals surface area contributed by atoms with Crippen LogP contribution in [0.25, 0.3) is 0 Å². The SMILES string of the molecule is C/C(=N/NC(=O)CC(C)(C)SI)c1ccc(OCCCC(=O)C(C)C)cc1.